The topological polar surface area (TPSA) is 58.6 Å². The number of aryl methyl sites for hydroxylation is 2. The second-order valence-electron chi connectivity index (χ2n) is 7.11. The third-order valence-electron chi connectivity index (χ3n) is 4.67. The molecule has 0 aliphatic rings. The molecule has 150 valence electrons. The summed E-state index contributed by atoms with van der Waals surface area (Å²) in [4.78, 5) is 27.2. The minimum Gasteiger partial charge on any atom is -0.497 e. The predicted octanol–water partition coefficient (Wildman–Crippen LogP) is 3.41. The molecule has 5 heteroatoms. The zero-order valence-corrected chi connectivity index (χ0v) is 17.4. The molecule has 2 aromatic carbocycles. The van der Waals surface area contributed by atoms with Gasteiger partial charge in [-0.25, -0.2) is 0 Å². The van der Waals surface area contributed by atoms with Crippen LogP contribution in [0.1, 0.15) is 36.1 Å². The Morgan fingerprint density at radius 3 is 2.18 bits per heavy atom. The fourth-order valence-corrected chi connectivity index (χ4v) is 3.28. The molecular formula is C23H30N2O3. The van der Waals surface area contributed by atoms with E-state index in [2.05, 4.69) is 11.4 Å². The molecule has 0 radical (unpaired) electrons. The zero-order valence-electron chi connectivity index (χ0n) is 17.4. The van der Waals surface area contributed by atoms with E-state index in [9.17, 15) is 9.59 Å². The van der Waals surface area contributed by atoms with E-state index >= 15 is 0 Å². The molecule has 0 aromatic heterocycles. The van der Waals surface area contributed by atoms with E-state index in [1.54, 1.807) is 18.9 Å². The second kappa shape index (κ2) is 9.93. The number of hydrogen-bond donors (Lipinski definition) is 1. The first-order valence-corrected chi connectivity index (χ1v) is 9.61. The highest BCUT2D eigenvalue weighted by molar-refractivity contribution is 5.88. The van der Waals surface area contributed by atoms with Crippen molar-refractivity contribution in [1.29, 1.82) is 0 Å². The Balaban J connectivity index is 2.24. The third kappa shape index (κ3) is 5.84. The fraction of sp³-hybridized carbons (Fsp3) is 0.391. The maximum absolute atomic E-state index is 13.1. The van der Waals surface area contributed by atoms with Gasteiger partial charge in [-0.1, -0.05) is 41.5 Å². The van der Waals surface area contributed by atoms with Crippen molar-refractivity contribution in [3.63, 3.8) is 0 Å². The summed E-state index contributed by atoms with van der Waals surface area (Å²) in [7, 11) is 1.62. The molecule has 28 heavy (non-hydrogen) atoms. The lowest BCUT2D eigenvalue weighted by molar-refractivity contribution is -0.140. The SMILES string of the molecule is CCNC(=O)C(C)N(Cc1ccc(OC)cc1)C(=O)Cc1cc(C)cc(C)c1. The number of nitrogens with zero attached hydrogens (tertiary/aromatic N) is 1. The largest absolute Gasteiger partial charge is 0.497 e. The van der Waals surface area contributed by atoms with Gasteiger partial charge < -0.3 is 15.0 Å². The van der Waals surface area contributed by atoms with Gasteiger partial charge in [0, 0.05) is 13.1 Å². The van der Waals surface area contributed by atoms with Crippen molar-refractivity contribution in [2.45, 2.75) is 46.7 Å². The van der Waals surface area contributed by atoms with Gasteiger partial charge in [-0.15, -0.1) is 0 Å². The number of amides is 2. The molecule has 2 rings (SSSR count). The van der Waals surface area contributed by atoms with E-state index in [4.69, 9.17) is 4.74 Å². The first kappa shape index (κ1) is 21.5. The lowest BCUT2D eigenvalue weighted by Gasteiger charge is -2.29. The Morgan fingerprint density at radius 1 is 1.04 bits per heavy atom. The van der Waals surface area contributed by atoms with Gasteiger partial charge in [0.2, 0.25) is 11.8 Å². The molecule has 2 aromatic rings. The summed E-state index contributed by atoms with van der Waals surface area (Å²) in [5.41, 5.74) is 4.17. The summed E-state index contributed by atoms with van der Waals surface area (Å²) in [6, 6.07) is 13.1. The van der Waals surface area contributed by atoms with Crippen LogP contribution in [0, 0.1) is 13.8 Å². The number of carbonyl (C=O) groups is 2. The number of hydrogen-bond acceptors (Lipinski definition) is 3. The van der Waals surface area contributed by atoms with Crippen LogP contribution in [0.15, 0.2) is 42.5 Å². The van der Waals surface area contributed by atoms with E-state index in [-0.39, 0.29) is 18.2 Å². The molecular weight excluding hydrogens is 352 g/mol. The van der Waals surface area contributed by atoms with E-state index in [0.29, 0.717) is 13.1 Å². The molecule has 0 heterocycles. The van der Waals surface area contributed by atoms with Gasteiger partial charge in [-0.2, -0.15) is 0 Å². The average Bonchev–Trinajstić information content (AvgIpc) is 2.65. The van der Waals surface area contributed by atoms with Gasteiger partial charge in [-0.3, -0.25) is 9.59 Å². The maximum atomic E-state index is 13.1. The Bertz CT molecular complexity index is 795. The average molecular weight is 383 g/mol. The van der Waals surface area contributed by atoms with Gasteiger partial charge in [0.25, 0.3) is 0 Å². The summed E-state index contributed by atoms with van der Waals surface area (Å²) in [5.74, 6) is 0.540. The summed E-state index contributed by atoms with van der Waals surface area (Å²) >= 11 is 0. The van der Waals surface area contributed by atoms with Crippen molar-refractivity contribution in [1.82, 2.24) is 10.2 Å². The lowest BCUT2D eigenvalue weighted by Crippen LogP contribution is -2.48. The van der Waals surface area contributed by atoms with Crippen LogP contribution in [0.2, 0.25) is 0 Å². The standard InChI is InChI=1S/C23H30N2O3/c1-6-24-23(27)18(4)25(15-19-7-9-21(28-5)10-8-19)22(26)14-20-12-16(2)11-17(3)13-20/h7-13,18H,6,14-15H2,1-5H3,(H,24,27). The van der Waals surface area contributed by atoms with Crippen LogP contribution < -0.4 is 10.1 Å². The van der Waals surface area contributed by atoms with Crippen LogP contribution in [0.25, 0.3) is 0 Å². The molecule has 0 bridgehead atoms. The lowest BCUT2D eigenvalue weighted by atomic mass is 10.0. The molecule has 1 unspecified atom stereocenters. The molecule has 0 fully saturated rings. The summed E-state index contributed by atoms with van der Waals surface area (Å²) in [5, 5.41) is 2.81. The highest BCUT2D eigenvalue weighted by Gasteiger charge is 2.26. The van der Waals surface area contributed by atoms with Gasteiger partial charge in [0.15, 0.2) is 0 Å². The van der Waals surface area contributed by atoms with E-state index in [1.807, 2.05) is 57.2 Å². The molecule has 0 spiro atoms. The minimum absolute atomic E-state index is 0.0698. The van der Waals surface area contributed by atoms with Crippen molar-refractivity contribution in [2.24, 2.45) is 0 Å². The van der Waals surface area contributed by atoms with Gasteiger partial charge >= 0.3 is 0 Å². The van der Waals surface area contributed by atoms with Crippen molar-refractivity contribution < 1.29 is 14.3 Å². The number of ether oxygens (including phenoxy) is 1. The van der Waals surface area contributed by atoms with Gasteiger partial charge in [0.05, 0.1) is 13.5 Å². The quantitative estimate of drug-likeness (QED) is 0.761. The van der Waals surface area contributed by atoms with Gasteiger partial charge in [-0.05, 0) is 51.0 Å². The van der Waals surface area contributed by atoms with Crippen LogP contribution in [-0.2, 0) is 22.6 Å². The maximum Gasteiger partial charge on any atom is 0.242 e. The second-order valence-corrected chi connectivity index (χ2v) is 7.11. The first-order chi connectivity index (χ1) is 13.3. The predicted molar refractivity (Wildman–Crippen MR) is 111 cm³/mol. The van der Waals surface area contributed by atoms with Crippen LogP contribution in [0.3, 0.4) is 0 Å². The zero-order chi connectivity index (χ0) is 20.7. The molecule has 5 nitrogen and oxygen atoms in total. The van der Waals surface area contributed by atoms with E-state index in [1.165, 1.54) is 0 Å². The number of rotatable bonds is 8. The van der Waals surface area contributed by atoms with Crippen molar-refractivity contribution in [3.8, 4) is 5.75 Å². The molecule has 0 aliphatic carbocycles. The van der Waals surface area contributed by atoms with E-state index < -0.39 is 6.04 Å². The summed E-state index contributed by atoms with van der Waals surface area (Å²) in [6.45, 7) is 8.58. The monoisotopic (exact) mass is 382 g/mol. The van der Waals surface area contributed by atoms with Gasteiger partial charge in [0.1, 0.15) is 11.8 Å². The van der Waals surface area contributed by atoms with Crippen molar-refractivity contribution >= 4 is 11.8 Å². The molecule has 1 atom stereocenters. The molecule has 0 aliphatic heterocycles. The minimum atomic E-state index is -0.555. The van der Waals surface area contributed by atoms with Crippen LogP contribution in [-0.4, -0.2) is 36.4 Å². The van der Waals surface area contributed by atoms with Crippen LogP contribution >= 0.6 is 0 Å². The third-order valence-corrected chi connectivity index (χ3v) is 4.67. The Labute approximate surface area is 167 Å². The molecule has 2 amide bonds. The smallest absolute Gasteiger partial charge is 0.242 e. The number of carbonyl (C=O) groups excluding carboxylic acids is 2. The molecule has 1 N–H and O–H groups in total. The number of nitrogens with one attached hydrogen (secondary N) is 1. The Morgan fingerprint density at radius 2 is 1.64 bits per heavy atom. The highest BCUT2D eigenvalue weighted by Crippen LogP contribution is 2.17. The fourth-order valence-electron chi connectivity index (χ4n) is 3.28. The highest BCUT2D eigenvalue weighted by atomic mass is 16.5. The van der Waals surface area contributed by atoms with Crippen LogP contribution in [0.5, 0.6) is 5.75 Å². The number of benzene rings is 2. The summed E-state index contributed by atoms with van der Waals surface area (Å²) in [6.07, 6.45) is 0.266. The first-order valence-electron chi connectivity index (χ1n) is 9.61. The van der Waals surface area contributed by atoms with E-state index in [0.717, 1.165) is 28.0 Å². The summed E-state index contributed by atoms with van der Waals surface area (Å²) < 4.78 is 5.20. The Kier molecular flexibility index (Phi) is 7.61. The van der Waals surface area contributed by atoms with Crippen molar-refractivity contribution in [2.75, 3.05) is 13.7 Å². The molecule has 0 saturated carbocycles. The Hall–Kier alpha value is -2.82. The normalized spacial score (nSPS) is 11.6. The molecule has 0 saturated heterocycles. The number of likely N-dealkylation sites (N-methyl/N-ethyl adjacent to an activating group) is 1. The number of methoxy groups -OCH3 is 1. The van der Waals surface area contributed by atoms with Crippen molar-refractivity contribution in [3.05, 3.63) is 64.7 Å². The van der Waals surface area contributed by atoms with Crippen LogP contribution in [0.4, 0.5) is 0 Å².